The molecular weight excluding hydrogens is 496 g/mol. The zero-order valence-electron chi connectivity index (χ0n) is 22.7. The molecule has 2 heterocycles. The van der Waals surface area contributed by atoms with Crippen LogP contribution in [-0.4, -0.2) is 47.0 Å². The first-order valence-electron chi connectivity index (χ1n) is 13.0. The van der Waals surface area contributed by atoms with Gasteiger partial charge in [0.15, 0.2) is 11.5 Å². The number of rotatable bonds is 11. The third kappa shape index (κ3) is 6.22. The van der Waals surface area contributed by atoms with Gasteiger partial charge in [-0.05, 0) is 72.9 Å². The maximum Gasteiger partial charge on any atom is 0.295 e. The van der Waals surface area contributed by atoms with Gasteiger partial charge >= 0.3 is 0 Å². The van der Waals surface area contributed by atoms with Gasteiger partial charge in [0.1, 0.15) is 11.5 Å². The number of benzene rings is 2. The standard InChI is InChI=1S/C31H34N2O6/c1-5-38-26-17-23(10-13-25(26)39-16-14-20(2)3)28-27(29(34)22-8-11-24(37-4)12-9-22)30(35)31(36)33(28)19-21-7-6-15-32-18-21/h6-13,15,17-18,20,28,34H,5,14,16,19H2,1-4H3/b29-27+. The molecule has 3 aromatic rings. The number of amides is 1. The summed E-state index contributed by atoms with van der Waals surface area (Å²) < 4.78 is 17.1. The van der Waals surface area contributed by atoms with Crippen molar-refractivity contribution in [3.63, 3.8) is 0 Å². The molecule has 0 aliphatic carbocycles. The number of pyridine rings is 1. The van der Waals surface area contributed by atoms with Gasteiger partial charge in [-0.25, -0.2) is 0 Å². The van der Waals surface area contributed by atoms with Crippen LogP contribution in [0, 0.1) is 5.92 Å². The number of ether oxygens (including phenoxy) is 3. The van der Waals surface area contributed by atoms with E-state index in [1.54, 1.807) is 68.0 Å². The molecule has 1 amide bonds. The summed E-state index contributed by atoms with van der Waals surface area (Å²) in [4.78, 5) is 32.4. The molecule has 2 aromatic carbocycles. The second kappa shape index (κ2) is 12.5. The summed E-state index contributed by atoms with van der Waals surface area (Å²) in [6.45, 7) is 7.22. The predicted molar refractivity (Wildman–Crippen MR) is 148 cm³/mol. The first kappa shape index (κ1) is 27.7. The Labute approximate surface area is 228 Å². The molecule has 1 aliphatic heterocycles. The first-order valence-corrected chi connectivity index (χ1v) is 13.0. The Kier molecular flexibility index (Phi) is 8.86. The van der Waals surface area contributed by atoms with Crippen LogP contribution in [0.3, 0.4) is 0 Å². The summed E-state index contributed by atoms with van der Waals surface area (Å²) in [6.07, 6.45) is 4.18. The van der Waals surface area contributed by atoms with Crippen molar-refractivity contribution in [3.8, 4) is 17.2 Å². The largest absolute Gasteiger partial charge is 0.507 e. The number of methoxy groups -OCH3 is 1. The summed E-state index contributed by atoms with van der Waals surface area (Å²) in [7, 11) is 1.55. The van der Waals surface area contributed by atoms with Gasteiger partial charge in [0.2, 0.25) is 0 Å². The van der Waals surface area contributed by atoms with Crippen molar-refractivity contribution in [2.75, 3.05) is 20.3 Å². The SMILES string of the molecule is CCOc1cc(C2/C(=C(\O)c3ccc(OC)cc3)C(=O)C(=O)N2Cc2cccnc2)ccc1OCCC(C)C. The van der Waals surface area contributed by atoms with E-state index in [2.05, 4.69) is 18.8 Å². The smallest absolute Gasteiger partial charge is 0.295 e. The van der Waals surface area contributed by atoms with Crippen LogP contribution in [0.2, 0.25) is 0 Å². The molecule has 1 aliphatic rings. The average Bonchev–Trinajstić information content (AvgIpc) is 3.19. The fraction of sp³-hybridized carbons (Fsp3) is 0.323. The van der Waals surface area contributed by atoms with E-state index in [4.69, 9.17) is 14.2 Å². The summed E-state index contributed by atoms with van der Waals surface area (Å²) in [5.41, 5.74) is 1.78. The van der Waals surface area contributed by atoms with Gasteiger partial charge in [0.25, 0.3) is 11.7 Å². The molecule has 8 nitrogen and oxygen atoms in total. The number of ketones is 1. The third-order valence-corrected chi connectivity index (χ3v) is 6.52. The molecule has 0 spiro atoms. The quantitative estimate of drug-likeness (QED) is 0.198. The van der Waals surface area contributed by atoms with E-state index < -0.39 is 17.7 Å². The highest BCUT2D eigenvalue weighted by Gasteiger charge is 2.46. The Bertz CT molecular complexity index is 1330. The number of hydrogen-bond donors (Lipinski definition) is 1. The summed E-state index contributed by atoms with van der Waals surface area (Å²) in [6, 6.07) is 14.8. The summed E-state index contributed by atoms with van der Waals surface area (Å²) in [5, 5.41) is 11.4. The molecular formula is C31H34N2O6. The van der Waals surface area contributed by atoms with Crippen molar-refractivity contribution < 1.29 is 28.9 Å². The molecule has 1 saturated heterocycles. The minimum Gasteiger partial charge on any atom is -0.507 e. The van der Waals surface area contributed by atoms with Crippen LogP contribution in [0.25, 0.3) is 5.76 Å². The van der Waals surface area contributed by atoms with E-state index in [9.17, 15) is 14.7 Å². The second-order valence-corrected chi connectivity index (χ2v) is 9.69. The first-order chi connectivity index (χ1) is 18.8. The maximum absolute atomic E-state index is 13.4. The van der Waals surface area contributed by atoms with E-state index in [-0.39, 0.29) is 17.9 Å². The molecule has 1 unspecified atom stereocenters. The van der Waals surface area contributed by atoms with Crippen LogP contribution in [0.4, 0.5) is 0 Å². The molecule has 1 atom stereocenters. The zero-order valence-corrected chi connectivity index (χ0v) is 22.7. The molecule has 0 saturated carbocycles. The molecule has 1 fully saturated rings. The number of hydrogen-bond acceptors (Lipinski definition) is 7. The van der Waals surface area contributed by atoms with Crippen molar-refractivity contribution in [2.45, 2.75) is 39.8 Å². The molecule has 0 radical (unpaired) electrons. The minimum absolute atomic E-state index is 0.00461. The number of Topliss-reactive ketones (excluding diaryl/α,β-unsaturated/α-hetero) is 1. The molecule has 0 bridgehead atoms. The number of carbonyl (C=O) groups excluding carboxylic acids is 2. The minimum atomic E-state index is -0.851. The van der Waals surface area contributed by atoms with Crippen LogP contribution >= 0.6 is 0 Å². The van der Waals surface area contributed by atoms with Crippen molar-refractivity contribution in [3.05, 3.63) is 89.3 Å². The number of aromatic nitrogens is 1. The van der Waals surface area contributed by atoms with Crippen LogP contribution < -0.4 is 14.2 Å². The molecule has 204 valence electrons. The maximum atomic E-state index is 13.4. The highest BCUT2D eigenvalue weighted by Crippen LogP contribution is 2.43. The fourth-order valence-corrected chi connectivity index (χ4v) is 4.47. The zero-order chi connectivity index (χ0) is 27.9. The molecule has 8 heteroatoms. The van der Waals surface area contributed by atoms with Gasteiger partial charge in [-0.15, -0.1) is 0 Å². The fourth-order valence-electron chi connectivity index (χ4n) is 4.47. The van der Waals surface area contributed by atoms with Crippen LogP contribution in [-0.2, 0) is 16.1 Å². The lowest BCUT2D eigenvalue weighted by molar-refractivity contribution is -0.140. The van der Waals surface area contributed by atoms with Crippen LogP contribution in [0.15, 0.2) is 72.6 Å². The lowest BCUT2D eigenvalue weighted by Gasteiger charge is -2.26. The number of aliphatic hydroxyl groups excluding tert-OH is 1. The van der Waals surface area contributed by atoms with Gasteiger partial charge in [-0.3, -0.25) is 14.6 Å². The second-order valence-electron chi connectivity index (χ2n) is 9.69. The average molecular weight is 531 g/mol. The lowest BCUT2D eigenvalue weighted by Crippen LogP contribution is -2.29. The highest BCUT2D eigenvalue weighted by molar-refractivity contribution is 6.46. The normalized spacial score (nSPS) is 16.5. The van der Waals surface area contributed by atoms with Crippen molar-refractivity contribution >= 4 is 17.4 Å². The van der Waals surface area contributed by atoms with Crippen LogP contribution in [0.1, 0.15) is 49.9 Å². The van der Waals surface area contributed by atoms with E-state index in [0.717, 1.165) is 12.0 Å². The van der Waals surface area contributed by atoms with Gasteiger partial charge in [-0.1, -0.05) is 26.0 Å². The van der Waals surface area contributed by atoms with Crippen LogP contribution in [0.5, 0.6) is 17.2 Å². The number of nitrogens with zero attached hydrogens (tertiary/aromatic N) is 2. The predicted octanol–water partition coefficient (Wildman–Crippen LogP) is 5.54. The van der Waals surface area contributed by atoms with E-state index in [1.165, 1.54) is 4.90 Å². The van der Waals surface area contributed by atoms with Gasteiger partial charge in [0, 0.05) is 24.5 Å². The highest BCUT2D eigenvalue weighted by atomic mass is 16.5. The Hall–Kier alpha value is -4.33. The Morgan fingerprint density at radius 3 is 2.46 bits per heavy atom. The van der Waals surface area contributed by atoms with Gasteiger partial charge in [0.05, 0.1) is 31.9 Å². The lowest BCUT2D eigenvalue weighted by atomic mass is 9.94. The van der Waals surface area contributed by atoms with Crippen molar-refractivity contribution in [1.29, 1.82) is 0 Å². The molecule has 39 heavy (non-hydrogen) atoms. The Morgan fingerprint density at radius 1 is 1.05 bits per heavy atom. The molecule has 1 N–H and O–H groups in total. The van der Waals surface area contributed by atoms with E-state index in [1.807, 2.05) is 13.0 Å². The van der Waals surface area contributed by atoms with Crippen molar-refractivity contribution in [2.24, 2.45) is 5.92 Å². The third-order valence-electron chi connectivity index (χ3n) is 6.52. The molecule has 1 aromatic heterocycles. The Morgan fingerprint density at radius 2 is 1.82 bits per heavy atom. The van der Waals surface area contributed by atoms with E-state index in [0.29, 0.717) is 47.5 Å². The van der Waals surface area contributed by atoms with Gasteiger partial charge < -0.3 is 24.2 Å². The van der Waals surface area contributed by atoms with E-state index >= 15 is 0 Å². The number of likely N-dealkylation sites (tertiary alicyclic amines) is 1. The van der Waals surface area contributed by atoms with Crippen molar-refractivity contribution in [1.82, 2.24) is 9.88 Å². The topological polar surface area (TPSA) is 98.2 Å². The number of carbonyl (C=O) groups is 2. The monoisotopic (exact) mass is 530 g/mol. The summed E-state index contributed by atoms with van der Waals surface area (Å²) >= 11 is 0. The Balaban J connectivity index is 1.81. The molecule has 4 rings (SSSR count). The number of aliphatic hydroxyl groups is 1. The van der Waals surface area contributed by atoms with Gasteiger partial charge in [-0.2, -0.15) is 0 Å². The summed E-state index contributed by atoms with van der Waals surface area (Å²) in [5.74, 6) is 0.474.